The van der Waals surface area contributed by atoms with E-state index in [2.05, 4.69) is 33.5 Å². The third kappa shape index (κ3) is 6.35. The summed E-state index contributed by atoms with van der Waals surface area (Å²) >= 11 is 6.56. The molecule has 0 radical (unpaired) electrons. The van der Waals surface area contributed by atoms with E-state index in [1.165, 1.54) is 12.8 Å². The second-order valence-corrected chi connectivity index (χ2v) is 11.0. The van der Waals surface area contributed by atoms with Gasteiger partial charge < -0.3 is 20.1 Å². The van der Waals surface area contributed by atoms with Gasteiger partial charge in [0.2, 0.25) is 0 Å². The maximum Gasteiger partial charge on any atom is 0.126 e. The van der Waals surface area contributed by atoms with Crippen LogP contribution in [0, 0.1) is 16.7 Å². The fourth-order valence-electron chi connectivity index (χ4n) is 5.79. The Morgan fingerprint density at radius 3 is 2.70 bits per heavy atom. The van der Waals surface area contributed by atoms with E-state index >= 15 is 0 Å². The van der Waals surface area contributed by atoms with Crippen molar-refractivity contribution in [1.82, 2.24) is 14.9 Å². The van der Waals surface area contributed by atoms with Crippen molar-refractivity contribution in [2.45, 2.75) is 63.6 Å². The lowest BCUT2D eigenvalue weighted by Crippen LogP contribution is -2.51. The van der Waals surface area contributed by atoms with Crippen LogP contribution in [-0.4, -0.2) is 72.5 Å². The van der Waals surface area contributed by atoms with Crippen LogP contribution in [0.15, 0.2) is 30.5 Å². The van der Waals surface area contributed by atoms with Crippen LogP contribution in [0.3, 0.4) is 0 Å². The molecule has 9 heteroatoms. The number of halogens is 1. The number of nitrogens with one attached hydrogen (secondary N) is 2. The van der Waals surface area contributed by atoms with Gasteiger partial charge in [0.1, 0.15) is 11.6 Å². The maximum absolute atomic E-state index is 9.74. The summed E-state index contributed by atoms with van der Waals surface area (Å²) in [6.07, 6.45) is 7.79. The van der Waals surface area contributed by atoms with Gasteiger partial charge in [0.05, 0.1) is 35.4 Å². The number of pyridine rings is 2. The van der Waals surface area contributed by atoms with E-state index in [-0.39, 0.29) is 0 Å². The molecule has 0 spiro atoms. The summed E-state index contributed by atoms with van der Waals surface area (Å²) in [5, 5.41) is 17.3. The minimum absolute atomic E-state index is 0.400. The zero-order valence-corrected chi connectivity index (χ0v) is 22.3. The van der Waals surface area contributed by atoms with Gasteiger partial charge in [0.15, 0.2) is 0 Å². The number of nitriles is 1. The van der Waals surface area contributed by atoms with Crippen molar-refractivity contribution in [3.8, 4) is 17.3 Å². The van der Waals surface area contributed by atoms with Crippen LogP contribution in [0.5, 0.6) is 0 Å². The molecule has 5 rings (SSSR count). The molecule has 2 saturated heterocycles. The van der Waals surface area contributed by atoms with Gasteiger partial charge >= 0.3 is 0 Å². The molecule has 0 amide bonds. The first-order valence-electron chi connectivity index (χ1n) is 13.5. The van der Waals surface area contributed by atoms with Crippen molar-refractivity contribution >= 4 is 23.2 Å². The van der Waals surface area contributed by atoms with E-state index < -0.39 is 5.41 Å². The molecule has 2 aromatic heterocycles. The molecular weight excluding hydrogens is 488 g/mol. The topological polar surface area (TPSA) is 95.3 Å². The van der Waals surface area contributed by atoms with Gasteiger partial charge in [-0.1, -0.05) is 17.7 Å². The highest BCUT2D eigenvalue weighted by Gasteiger charge is 2.33. The molecule has 0 aromatic carbocycles. The first kappa shape index (κ1) is 26.2. The van der Waals surface area contributed by atoms with Crippen LogP contribution in [0.25, 0.3) is 11.3 Å². The third-order valence-corrected chi connectivity index (χ3v) is 8.41. The van der Waals surface area contributed by atoms with Gasteiger partial charge in [-0.3, -0.25) is 4.90 Å². The van der Waals surface area contributed by atoms with Crippen LogP contribution in [0.2, 0.25) is 5.02 Å². The molecule has 2 N–H and O–H groups in total. The van der Waals surface area contributed by atoms with Crippen LogP contribution < -0.4 is 10.6 Å². The molecule has 3 fully saturated rings. The first-order valence-corrected chi connectivity index (χ1v) is 13.9. The van der Waals surface area contributed by atoms with Crippen molar-refractivity contribution in [1.29, 1.82) is 5.26 Å². The molecule has 37 heavy (non-hydrogen) atoms. The summed E-state index contributed by atoms with van der Waals surface area (Å²) in [5.74, 6) is 1.56. The average molecular weight is 525 g/mol. The Labute approximate surface area is 224 Å². The molecule has 1 aliphatic carbocycles. The lowest BCUT2D eigenvalue weighted by atomic mass is 9.82. The quantitative estimate of drug-likeness (QED) is 0.524. The minimum atomic E-state index is -0.417. The van der Waals surface area contributed by atoms with Gasteiger partial charge in [-0.05, 0) is 63.6 Å². The van der Waals surface area contributed by atoms with Crippen LogP contribution in [0.1, 0.15) is 45.4 Å². The summed E-state index contributed by atoms with van der Waals surface area (Å²) in [6.45, 7) is 6.80. The molecule has 2 aliphatic heterocycles. The number of hydrogen-bond acceptors (Lipinski definition) is 8. The minimum Gasteiger partial charge on any atom is -0.381 e. The molecule has 8 nitrogen and oxygen atoms in total. The van der Waals surface area contributed by atoms with Gasteiger partial charge in [-0.25, -0.2) is 9.97 Å². The summed E-state index contributed by atoms with van der Waals surface area (Å²) in [5.41, 5.74) is 1.21. The number of hydrogen-bond donors (Lipinski definition) is 2. The zero-order chi connectivity index (χ0) is 25.7. The van der Waals surface area contributed by atoms with E-state index in [9.17, 15) is 5.26 Å². The lowest BCUT2D eigenvalue weighted by molar-refractivity contribution is -0.0296. The maximum atomic E-state index is 9.74. The Balaban J connectivity index is 1.21. The summed E-state index contributed by atoms with van der Waals surface area (Å²) in [7, 11) is 0. The van der Waals surface area contributed by atoms with Crippen LogP contribution in [0.4, 0.5) is 11.6 Å². The van der Waals surface area contributed by atoms with Crippen molar-refractivity contribution in [2.75, 3.05) is 50.2 Å². The fourth-order valence-corrected chi connectivity index (χ4v) is 5.99. The SMILES string of the molecule is C[C@@H]1COCCN1[C@H]1CC[C@H](Nc2cc(-c3cccc(NCC4(C#N)CCOCC4)n3)c(Cl)cn2)CC1. The summed E-state index contributed by atoms with van der Waals surface area (Å²) in [6, 6.07) is 11.9. The number of aromatic nitrogens is 2. The number of anilines is 2. The first-order chi connectivity index (χ1) is 18.0. The van der Waals surface area contributed by atoms with E-state index in [1.54, 1.807) is 6.20 Å². The number of rotatable bonds is 7. The Morgan fingerprint density at radius 1 is 1.14 bits per heavy atom. The van der Waals surface area contributed by atoms with E-state index in [0.717, 1.165) is 68.3 Å². The lowest BCUT2D eigenvalue weighted by Gasteiger charge is -2.42. The molecule has 1 saturated carbocycles. The highest BCUT2D eigenvalue weighted by atomic mass is 35.5. The Bertz CT molecular complexity index is 1090. The fraction of sp³-hybridized carbons (Fsp3) is 0.607. The molecule has 4 heterocycles. The van der Waals surface area contributed by atoms with Crippen molar-refractivity contribution in [3.63, 3.8) is 0 Å². The van der Waals surface area contributed by atoms with Crippen LogP contribution in [-0.2, 0) is 9.47 Å². The Hall–Kier alpha value is -2.44. The van der Waals surface area contributed by atoms with E-state index in [4.69, 9.17) is 26.1 Å². The standard InChI is InChI=1S/C28H37ClN6O2/c1-20-17-37-14-11-35(20)22-7-5-21(6-8-22)33-27-15-23(24(29)16-31-27)25-3-2-4-26(34-25)32-19-28(18-30)9-12-36-13-10-28/h2-4,15-16,20-22H,5-14,17,19H2,1H3,(H,31,33)(H,32,34)/t20-,21-,22-/m1/s1. The average Bonchev–Trinajstić information content (AvgIpc) is 2.94. The second-order valence-electron chi connectivity index (χ2n) is 10.6. The van der Waals surface area contributed by atoms with Crippen molar-refractivity contribution in [3.05, 3.63) is 35.5 Å². The van der Waals surface area contributed by atoms with Gasteiger partial charge in [0.25, 0.3) is 0 Å². The largest absolute Gasteiger partial charge is 0.381 e. The molecule has 0 unspecified atom stereocenters. The smallest absolute Gasteiger partial charge is 0.126 e. The monoisotopic (exact) mass is 524 g/mol. The van der Waals surface area contributed by atoms with E-state index in [1.807, 2.05) is 24.3 Å². The Kier molecular flexibility index (Phi) is 8.46. The molecule has 0 bridgehead atoms. The summed E-state index contributed by atoms with van der Waals surface area (Å²) in [4.78, 5) is 12.0. The highest BCUT2D eigenvalue weighted by Crippen LogP contribution is 2.33. The number of ether oxygens (including phenoxy) is 2. The van der Waals surface area contributed by atoms with Crippen molar-refractivity contribution in [2.24, 2.45) is 5.41 Å². The Morgan fingerprint density at radius 2 is 1.95 bits per heavy atom. The number of nitrogens with zero attached hydrogens (tertiary/aromatic N) is 4. The van der Waals surface area contributed by atoms with Crippen molar-refractivity contribution < 1.29 is 9.47 Å². The molecule has 1 atom stereocenters. The molecular formula is C28H37ClN6O2. The highest BCUT2D eigenvalue weighted by molar-refractivity contribution is 6.33. The van der Waals surface area contributed by atoms with Gasteiger partial charge in [-0.15, -0.1) is 0 Å². The summed E-state index contributed by atoms with van der Waals surface area (Å²) < 4.78 is 11.1. The predicted molar refractivity (Wildman–Crippen MR) is 146 cm³/mol. The predicted octanol–water partition coefficient (Wildman–Crippen LogP) is 4.97. The normalized spacial score (nSPS) is 26.2. The van der Waals surface area contributed by atoms with Crippen LogP contribution >= 0.6 is 11.6 Å². The molecule has 3 aliphatic rings. The second kappa shape index (κ2) is 12.0. The number of morpholine rings is 1. The third-order valence-electron chi connectivity index (χ3n) is 8.11. The zero-order valence-electron chi connectivity index (χ0n) is 21.6. The molecule has 2 aromatic rings. The molecule has 198 valence electrons. The van der Waals surface area contributed by atoms with Gasteiger partial charge in [-0.2, -0.15) is 5.26 Å². The van der Waals surface area contributed by atoms with Gasteiger partial charge in [0, 0.05) is 56.2 Å². The van der Waals surface area contributed by atoms with E-state index in [0.29, 0.717) is 42.9 Å².